The zero-order valence-corrected chi connectivity index (χ0v) is 19.1. The highest BCUT2D eigenvalue weighted by Crippen LogP contribution is 2.31. The number of rotatable bonds is 4. The molecule has 8 heteroatoms. The van der Waals surface area contributed by atoms with Crippen molar-refractivity contribution >= 4 is 33.4 Å². The van der Waals surface area contributed by atoms with Gasteiger partial charge in [0, 0.05) is 30.4 Å². The van der Waals surface area contributed by atoms with Gasteiger partial charge in [-0.15, -0.1) is 11.3 Å². The minimum atomic E-state index is -0.0341. The number of amides is 2. The third-order valence-electron chi connectivity index (χ3n) is 6.50. The van der Waals surface area contributed by atoms with E-state index in [0.29, 0.717) is 31.2 Å². The highest BCUT2D eigenvalue weighted by Gasteiger charge is 2.31. The molecular formula is C24H28N4O3S. The number of nitrogens with zero attached hydrogens (tertiary/aromatic N) is 3. The third-order valence-corrected chi connectivity index (χ3v) is 7.61. The first-order chi connectivity index (χ1) is 15.6. The monoisotopic (exact) mass is 452 g/mol. The zero-order valence-electron chi connectivity index (χ0n) is 18.3. The van der Waals surface area contributed by atoms with Crippen LogP contribution in [-0.2, 0) is 9.53 Å². The third kappa shape index (κ3) is 4.17. The van der Waals surface area contributed by atoms with Crippen molar-refractivity contribution in [2.24, 2.45) is 5.92 Å². The lowest BCUT2D eigenvalue weighted by atomic mass is 9.85. The van der Waals surface area contributed by atoms with Crippen LogP contribution in [0, 0.1) is 12.8 Å². The van der Waals surface area contributed by atoms with E-state index in [2.05, 4.69) is 10.4 Å². The Balaban J connectivity index is 1.23. The van der Waals surface area contributed by atoms with Crippen LogP contribution in [0.1, 0.15) is 41.0 Å². The minimum Gasteiger partial charge on any atom is -0.378 e. The van der Waals surface area contributed by atoms with Gasteiger partial charge >= 0.3 is 0 Å². The number of thiophene rings is 1. The predicted octanol–water partition coefficient (Wildman–Crippen LogP) is 3.54. The summed E-state index contributed by atoms with van der Waals surface area (Å²) < 4.78 is 7.26. The molecule has 1 aliphatic carbocycles. The summed E-state index contributed by atoms with van der Waals surface area (Å²) in [7, 11) is 0. The number of benzene rings is 1. The summed E-state index contributed by atoms with van der Waals surface area (Å²) in [6, 6.07) is 12.1. The van der Waals surface area contributed by atoms with Gasteiger partial charge in [0.1, 0.15) is 4.83 Å². The Hall–Kier alpha value is -2.71. The van der Waals surface area contributed by atoms with Crippen LogP contribution in [0.5, 0.6) is 0 Å². The maximum atomic E-state index is 13.0. The topological polar surface area (TPSA) is 76.5 Å². The van der Waals surface area contributed by atoms with Crippen LogP contribution >= 0.6 is 11.3 Å². The number of carbonyl (C=O) groups is 2. The van der Waals surface area contributed by atoms with Crippen LogP contribution in [0.4, 0.5) is 0 Å². The summed E-state index contributed by atoms with van der Waals surface area (Å²) in [5.74, 6) is 0.293. The van der Waals surface area contributed by atoms with Crippen molar-refractivity contribution in [3.05, 3.63) is 47.0 Å². The van der Waals surface area contributed by atoms with Gasteiger partial charge in [-0.25, -0.2) is 4.68 Å². The van der Waals surface area contributed by atoms with Gasteiger partial charge in [-0.3, -0.25) is 9.59 Å². The quantitative estimate of drug-likeness (QED) is 0.657. The van der Waals surface area contributed by atoms with Crippen molar-refractivity contribution < 1.29 is 14.3 Å². The number of para-hydroxylation sites is 1. The Morgan fingerprint density at radius 2 is 1.81 bits per heavy atom. The Bertz CT molecular complexity index is 1110. The molecule has 0 bridgehead atoms. The predicted molar refractivity (Wildman–Crippen MR) is 124 cm³/mol. The van der Waals surface area contributed by atoms with E-state index in [9.17, 15) is 9.59 Å². The molecule has 3 aromatic rings. The van der Waals surface area contributed by atoms with Crippen LogP contribution in [-0.4, -0.2) is 58.8 Å². The summed E-state index contributed by atoms with van der Waals surface area (Å²) in [6.45, 7) is 4.63. The maximum absolute atomic E-state index is 13.0. The number of hydrogen-bond donors (Lipinski definition) is 1. The van der Waals surface area contributed by atoms with Gasteiger partial charge in [0.25, 0.3) is 5.91 Å². The van der Waals surface area contributed by atoms with E-state index < -0.39 is 0 Å². The molecule has 0 spiro atoms. The normalized spacial score (nSPS) is 21.6. The van der Waals surface area contributed by atoms with E-state index >= 15 is 0 Å². The summed E-state index contributed by atoms with van der Waals surface area (Å²) in [4.78, 5) is 29.3. The Kier molecular flexibility index (Phi) is 5.97. The molecule has 1 saturated carbocycles. The van der Waals surface area contributed by atoms with Gasteiger partial charge in [0.05, 0.1) is 29.5 Å². The first-order valence-corrected chi connectivity index (χ1v) is 12.1. The largest absolute Gasteiger partial charge is 0.378 e. The number of nitrogens with one attached hydrogen (secondary N) is 1. The van der Waals surface area contributed by atoms with Gasteiger partial charge in [-0.2, -0.15) is 5.10 Å². The fourth-order valence-electron chi connectivity index (χ4n) is 4.69. The molecular weight excluding hydrogens is 424 g/mol. The Morgan fingerprint density at radius 3 is 2.53 bits per heavy atom. The molecule has 1 N–H and O–H groups in total. The van der Waals surface area contributed by atoms with E-state index in [1.54, 1.807) is 0 Å². The first kappa shape index (κ1) is 21.2. The van der Waals surface area contributed by atoms with Crippen molar-refractivity contribution in [3.63, 3.8) is 0 Å². The number of aromatic nitrogens is 2. The van der Waals surface area contributed by atoms with E-state index in [1.807, 2.05) is 52.9 Å². The molecule has 2 fully saturated rings. The van der Waals surface area contributed by atoms with Crippen molar-refractivity contribution in [2.75, 3.05) is 26.3 Å². The number of hydrogen-bond acceptors (Lipinski definition) is 5. The zero-order chi connectivity index (χ0) is 22.1. The van der Waals surface area contributed by atoms with Crippen LogP contribution in [0.2, 0.25) is 0 Å². The second-order valence-corrected chi connectivity index (χ2v) is 9.65. The van der Waals surface area contributed by atoms with E-state index in [1.165, 1.54) is 11.3 Å². The molecule has 3 heterocycles. The van der Waals surface area contributed by atoms with Crippen molar-refractivity contribution in [3.8, 4) is 5.69 Å². The minimum absolute atomic E-state index is 0.0341. The van der Waals surface area contributed by atoms with Crippen LogP contribution < -0.4 is 5.32 Å². The highest BCUT2D eigenvalue weighted by molar-refractivity contribution is 7.20. The van der Waals surface area contributed by atoms with Crippen molar-refractivity contribution in [1.29, 1.82) is 0 Å². The first-order valence-electron chi connectivity index (χ1n) is 11.3. The molecule has 7 nitrogen and oxygen atoms in total. The highest BCUT2D eigenvalue weighted by atomic mass is 32.1. The second kappa shape index (κ2) is 9.03. The molecule has 32 heavy (non-hydrogen) atoms. The second-order valence-electron chi connectivity index (χ2n) is 8.62. The summed E-state index contributed by atoms with van der Waals surface area (Å²) in [5.41, 5.74) is 1.91. The smallest absolute Gasteiger partial charge is 0.261 e. The van der Waals surface area contributed by atoms with Crippen LogP contribution in [0.15, 0.2) is 36.4 Å². The lowest BCUT2D eigenvalue weighted by molar-refractivity contribution is -0.140. The molecule has 0 atom stereocenters. The van der Waals surface area contributed by atoms with E-state index in [0.717, 1.165) is 47.3 Å². The molecule has 168 valence electrons. The van der Waals surface area contributed by atoms with Crippen molar-refractivity contribution in [2.45, 2.75) is 38.6 Å². The Labute approximate surface area is 191 Å². The van der Waals surface area contributed by atoms with E-state index in [-0.39, 0.29) is 23.8 Å². The lowest BCUT2D eigenvalue weighted by Gasteiger charge is -2.34. The van der Waals surface area contributed by atoms with Crippen molar-refractivity contribution in [1.82, 2.24) is 20.0 Å². The number of morpholine rings is 1. The average molecular weight is 453 g/mol. The van der Waals surface area contributed by atoms with E-state index in [4.69, 9.17) is 4.74 Å². The molecule has 0 radical (unpaired) electrons. The van der Waals surface area contributed by atoms with Gasteiger partial charge < -0.3 is 15.0 Å². The fraction of sp³-hybridized carbons (Fsp3) is 0.458. The Morgan fingerprint density at radius 1 is 1.09 bits per heavy atom. The number of fused-ring (bicyclic) bond motifs is 1. The number of aryl methyl sites for hydroxylation is 1. The number of carbonyl (C=O) groups excluding carboxylic acids is 2. The van der Waals surface area contributed by atoms with Crippen LogP contribution in [0.25, 0.3) is 15.9 Å². The molecule has 2 amide bonds. The molecule has 1 aliphatic heterocycles. The van der Waals surface area contributed by atoms with Crippen LogP contribution in [0.3, 0.4) is 0 Å². The molecule has 0 unspecified atom stereocenters. The average Bonchev–Trinajstić information content (AvgIpc) is 3.41. The van der Waals surface area contributed by atoms with Gasteiger partial charge in [-0.1, -0.05) is 18.2 Å². The summed E-state index contributed by atoms with van der Waals surface area (Å²) in [6.07, 6.45) is 3.34. The van der Waals surface area contributed by atoms with Gasteiger partial charge in [0.15, 0.2) is 0 Å². The lowest BCUT2D eigenvalue weighted by Crippen LogP contribution is -2.46. The standard InChI is InChI=1S/C24H28N4O3S/c1-16-20-15-21(32-24(20)28(26-16)19-5-3-2-4-6-19)22(29)25-18-9-7-17(8-10-18)23(30)27-11-13-31-14-12-27/h2-6,15,17-18H,7-14H2,1H3,(H,25,29). The molecule has 1 saturated heterocycles. The summed E-state index contributed by atoms with van der Waals surface area (Å²) >= 11 is 1.48. The molecule has 2 aliphatic rings. The molecule has 1 aromatic carbocycles. The van der Waals surface area contributed by atoms with Gasteiger partial charge in [0.2, 0.25) is 5.91 Å². The summed E-state index contributed by atoms with van der Waals surface area (Å²) in [5, 5.41) is 8.87. The van der Waals surface area contributed by atoms with Gasteiger partial charge in [-0.05, 0) is 50.8 Å². The number of ether oxygens (including phenoxy) is 1. The molecule has 5 rings (SSSR count). The fourth-order valence-corrected chi connectivity index (χ4v) is 5.77. The SMILES string of the molecule is Cc1nn(-c2ccccc2)c2sc(C(=O)NC3CCC(C(=O)N4CCOCC4)CC3)cc12. The molecule has 2 aromatic heterocycles. The maximum Gasteiger partial charge on any atom is 0.261 e.